The van der Waals surface area contributed by atoms with Crippen molar-refractivity contribution >= 4 is 33.9 Å². The molecule has 0 aliphatic carbocycles. The first-order valence-electron chi connectivity index (χ1n) is 9.88. The van der Waals surface area contributed by atoms with Crippen LogP contribution in [-0.4, -0.2) is 7.05 Å². The Hall–Kier alpha value is -3.04. The molecule has 1 aliphatic rings. The summed E-state index contributed by atoms with van der Waals surface area (Å²) in [5.41, 5.74) is 6.54. The highest BCUT2D eigenvalue weighted by Gasteiger charge is 2.27. The lowest BCUT2D eigenvalue weighted by molar-refractivity contribution is -0.644. The van der Waals surface area contributed by atoms with Gasteiger partial charge >= 0.3 is 0 Å². The SMILES string of the molecule is CN1/C(=C(\Cc2ccccc2)c2cc[n+](C)c3ccccc23)Sc2ccccc21. The number of hydrogen-bond acceptors (Lipinski definition) is 2. The molecular weight excluding hydrogens is 372 g/mol. The van der Waals surface area contributed by atoms with Crippen molar-refractivity contribution in [1.29, 1.82) is 0 Å². The van der Waals surface area contributed by atoms with Crippen LogP contribution in [0.2, 0.25) is 0 Å². The molecule has 1 aliphatic heterocycles. The summed E-state index contributed by atoms with van der Waals surface area (Å²) in [6.07, 6.45) is 3.08. The molecule has 0 saturated heterocycles. The number of allylic oxidation sites excluding steroid dienone is 1. The first-order chi connectivity index (χ1) is 14.2. The summed E-state index contributed by atoms with van der Waals surface area (Å²) in [4.78, 5) is 3.67. The predicted octanol–water partition coefficient (Wildman–Crippen LogP) is 5.82. The van der Waals surface area contributed by atoms with Crippen LogP contribution in [0.1, 0.15) is 11.1 Å². The Balaban J connectivity index is 1.74. The molecule has 29 heavy (non-hydrogen) atoms. The van der Waals surface area contributed by atoms with E-state index in [-0.39, 0.29) is 0 Å². The summed E-state index contributed by atoms with van der Waals surface area (Å²) >= 11 is 1.88. The molecule has 0 bridgehead atoms. The van der Waals surface area contributed by atoms with Crippen LogP contribution >= 0.6 is 11.8 Å². The van der Waals surface area contributed by atoms with Gasteiger partial charge in [0, 0.05) is 36.1 Å². The molecule has 0 fully saturated rings. The van der Waals surface area contributed by atoms with Crippen molar-refractivity contribution in [3.8, 4) is 0 Å². The van der Waals surface area contributed by atoms with E-state index in [0.29, 0.717) is 0 Å². The van der Waals surface area contributed by atoms with Crippen LogP contribution in [0.15, 0.2) is 101 Å². The maximum absolute atomic E-state index is 2.35. The van der Waals surface area contributed by atoms with Gasteiger partial charge in [-0.2, -0.15) is 0 Å². The Bertz CT molecular complexity index is 1230. The minimum atomic E-state index is 0.902. The molecule has 5 rings (SSSR count). The van der Waals surface area contributed by atoms with Crippen LogP contribution in [-0.2, 0) is 13.5 Å². The van der Waals surface area contributed by atoms with E-state index in [1.165, 1.54) is 43.2 Å². The van der Waals surface area contributed by atoms with E-state index in [1.807, 2.05) is 11.8 Å². The lowest BCUT2D eigenvalue weighted by Crippen LogP contribution is -2.28. The van der Waals surface area contributed by atoms with Crippen LogP contribution in [0.25, 0.3) is 16.5 Å². The summed E-state index contributed by atoms with van der Waals surface area (Å²) < 4.78 is 2.20. The molecule has 3 aromatic carbocycles. The first-order valence-corrected chi connectivity index (χ1v) is 10.7. The molecule has 0 amide bonds. The fourth-order valence-corrected chi connectivity index (χ4v) is 5.29. The van der Waals surface area contributed by atoms with Crippen molar-refractivity contribution in [2.75, 3.05) is 11.9 Å². The summed E-state index contributed by atoms with van der Waals surface area (Å²) in [5.74, 6) is 0. The van der Waals surface area contributed by atoms with Gasteiger partial charge in [-0.3, -0.25) is 0 Å². The molecule has 4 aromatic rings. The highest BCUT2D eigenvalue weighted by atomic mass is 32.2. The molecule has 1 aromatic heterocycles. The van der Waals surface area contributed by atoms with Crippen LogP contribution in [0, 0.1) is 0 Å². The summed E-state index contributed by atoms with van der Waals surface area (Å²) in [6, 6.07) is 30.4. The third-order valence-electron chi connectivity index (χ3n) is 5.58. The van der Waals surface area contributed by atoms with Gasteiger partial charge in [0.05, 0.1) is 16.1 Å². The van der Waals surface area contributed by atoms with Gasteiger partial charge in [-0.05, 0) is 29.3 Å². The molecule has 0 unspecified atom stereocenters. The van der Waals surface area contributed by atoms with Crippen LogP contribution in [0.5, 0.6) is 0 Å². The lowest BCUT2D eigenvalue weighted by atomic mass is 9.95. The van der Waals surface area contributed by atoms with Gasteiger partial charge in [0.15, 0.2) is 6.20 Å². The summed E-state index contributed by atoms with van der Waals surface area (Å²) in [5, 5.41) is 2.61. The van der Waals surface area contributed by atoms with Gasteiger partial charge in [-0.15, -0.1) is 0 Å². The Morgan fingerprint density at radius 3 is 2.41 bits per heavy atom. The third-order valence-corrected chi connectivity index (χ3v) is 6.86. The number of hydrogen-bond donors (Lipinski definition) is 0. The van der Waals surface area contributed by atoms with E-state index < -0.39 is 0 Å². The fraction of sp³-hybridized carbons (Fsp3) is 0.115. The minimum absolute atomic E-state index is 0.902. The Morgan fingerprint density at radius 1 is 0.862 bits per heavy atom. The van der Waals surface area contributed by atoms with Gasteiger partial charge in [-0.1, -0.05) is 66.4 Å². The van der Waals surface area contributed by atoms with Gasteiger partial charge in [0.1, 0.15) is 7.05 Å². The lowest BCUT2D eigenvalue weighted by Gasteiger charge is -2.20. The van der Waals surface area contributed by atoms with Crippen LogP contribution in [0.3, 0.4) is 0 Å². The second-order valence-electron chi connectivity index (χ2n) is 7.43. The smallest absolute Gasteiger partial charge is 0.212 e. The fourth-order valence-electron chi connectivity index (χ4n) is 4.08. The average molecular weight is 396 g/mol. The van der Waals surface area contributed by atoms with E-state index >= 15 is 0 Å². The van der Waals surface area contributed by atoms with Crippen molar-refractivity contribution in [3.05, 3.63) is 107 Å². The molecule has 3 heteroatoms. The number of anilines is 1. The zero-order chi connectivity index (χ0) is 19.8. The summed E-state index contributed by atoms with van der Waals surface area (Å²) in [7, 11) is 4.30. The van der Waals surface area contributed by atoms with Crippen LogP contribution in [0.4, 0.5) is 5.69 Å². The average Bonchev–Trinajstić information content (AvgIpc) is 3.10. The van der Waals surface area contributed by atoms with E-state index in [4.69, 9.17) is 0 Å². The zero-order valence-electron chi connectivity index (χ0n) is 16.7. The number of aryl methyl sites for hydroxylation is 1. The monoisotopic (exact) mass is 395 g/mol. The van der Waals surface area contributed by atoms with Crippen molar-refractivity contribution in [2.45, 2.75) is 11.3 Å². The number of benzene rings is 3. The van der Waals surface area contributed by atoms with Gasteiger partial charge in [-0.25, -0.2) is 4.57 Å². The summed E-state index contributed by atoms with van der Waals surface area (Å²) in [6.45, 7) is 0. The molecule has 0 spiro atoms. The van der Waals surface area contributed by atoms with Gasteiger partial charge < -0.3 is 4.90 Å². The van der Waals surface area contributed by atoms with Crippen molar-refractivity contribution in [3.63, 3.8) is 0 Å². The van der Waals surface area contributed by atoms with Crippen molar-refractivity contribution in [1.82, 2.24) is 0 Å². The topological polar surface area (TPSA) is 7.12 Å². The third kappa shape index (κ3) is 3.22. The maximum Gasteiger partial charge on any atom is 0.212 e. The van der Waals surface area contributed by atoms with Gasteiger partial charge in [0.2, 0.25) is 5.52 Å². The number of rotatable bonds is 3. The first kappa shape index (κ1) is 18.0. The molecule has 0 N–H and O–H groups in total. The van der Waals surface area contributed by atoms with Crippen molar-refractivity contribution in [2.24, 2.45) is 7.05 Å². The largest absolute Gasteiger partial charge is 0.338 e. The molecule has 142 valence electrons. The quantitative estimate of drug-likeness (QED) is 0.404. The van der Waals surface area contributed by atoms with E-state index in [9.17, 15) is 0 Å². The number of fused-ring (bicyclic) bond motifs is 2. The van der Waals surface area contributed by atoms with E-state index in [0.717, 1.165) is 6.42 Å². The Morgan fingerprint density at radius 2 is 1.59 bits per heavy atom. The van der Waals surface area contributed by atoms with E-state index in [1.54, 1.807) is 0 Å². The highest BCUT2D eigenvalue weighted by molar-refractivity contribution is 8.04. The molecule has 0 saturated carbocycles. The van der Waals surface area contributed by atoms with Gasteiger partial charge in [0.25, 0.3) is 0 Å². The number of thioether (sulfide) groups is 1. The number of pyridine rings is 1. The Kier molecular flexibility index (Phi) is 4.61. The minimum Gasteiger partial charge on any atom is -0.338 e. The molecule has 2 heterocycles. The highest BCUT2D eigenvalue weighted by Crippen LogP contribution is 2.48. The zero-order valence-corrected chi connectivity index (χ0v) is 17.5. The predicted molar refractivity (Wildman–Crippen MR) is 123 cm³/mol. The standard InChI is InChI=1S/C26H23N2S/c1-27-17-16-20(21-12-6-7-13-23(21)27)22(18-19-10-4-3-5-11-19)26-28(2)24-14-8-9-15-25(24)29-26/h3-17H,18H2,1-2H3/q+1. The number of nitrogens with zero attached hydrogens (tertiary/aromatic N) is 2. The van der Waals surface area contributed by atoms with E-state index in [2.05, 4.69) is 115 Å². The second-order valence-corrected chi connectivity index (χ2v) is 8.46. The second kappa shape index (κ2) is 7.41. The Labute approximate surface area is 176 Å². The molecule has 2 nitrogen and oxygen atoms in total. The maximum atomic E-state index is 2.35. The number of para-hydroxylation sites is 2. The molecular formula is C26H23N2S+. The van der Waals surface area contributed by atoms with Crippen LogP contribution < -0.4 is 9.47 Å². The number of aromatic nitrogens is 1. The van der Waals surface area contributed by atoms with Crippen molar-refractivity contribution < 1.29 is 4.57 Å². The molecule has 0 atom stereocenters. The normalized spacial score (nSPS) is 14.9. The molecule has 0 radical (unpaired) electrons.